The molecule has 0 aliphatic heterocycles. The van der Waals surface area contributed by atoms with Gasteiger partial charge in [-0.3, -0.25) is 0 Å². The van der Waals surface area contributed by atoms with E-state index in [0.717, 1.165) is 0 Å². The van der Waals surface area contributed by atoms with E-state index in [1.165, 1.54) is 38.6 Å². The van der Waals surface area contributed by atoms with E-state index in [1.807, 2.05) is 0 Å². The second-order valence-electron chi connectivity index (χ2n) is 5.95. The zero-order chi connectivity index (χ0) is 11.9. The van der Waals surface area contributed by atoms with Crippen LogP contribution < -0.4 is 0 Å². The topological polar surface area (TPSA) is 3.24 Å². The minimum atomic E-state index is 0.549. The molecule has 0 saturated heterocycles. The molecule has 1 heteroatoms. The van der Waals surface area contributed by atoms with Crippen LogP contribution in [0.1, 0.15) is 66.7 Å². The lowest BCUT2D eigenvalue weighted by Gasteiger charge is -2.27. The Balaban J connectivity index is 3.64. The lowest BCUT2D eigenvalue weighted by atomic mass is 9.83. The van der Waals surface area contributed by atoms with Gasteiger partial charge < -0.3 is 4.90 Å². The van der Waals surface area contributed by atoms with Gasteiger partial charge in [0.25, 0.3) is 0 Å². The summed E-state index contributed by atoms with van der Waals surface area (Å²) in [5.41, 5.74) is 0.549. The summed E-state index contributed by atoms with van der Waals surface area (Å²) in [7, 11) is 2.23. The third kappa shape index (κ3) is 7.84. The molecule has 0 aromatic carbocycles. The van der Waals surface area contributed by atoms with Crippen LogP contribution in [0.25, 0.3) is 0 Å². The van der Waals surface area contributed by atoms with Crippen molar-refractivity contribution in [2.24, 2.45) is 5.41 Å². The zero-order valence-electron chi connectivity index (χ0n) is 11.8. The molecule has 0 aliphatic rings. The van der Waals surface area contributed by atoms with E-state index < -0.39 is 0 Å². The molecular weight excluding hydrogens is 182 g/mol. The van der Waals surface area contributed by atoms with Gasteiger partial charge in [-0.25, -0.2) is 0 Å². The van der Waals surface area contributed by atoms with Crippen LogP contribution in [-0.4, -0.2) is 24.5 Å². The average Bonchev–Trinajstić information content (AvgIpc) is 2.14. The first-order valence-electron chi connectivity index (χ1n) is 6.59. The Morgan fingerprint density at radius 1 is 1.07 bits per heavy atom. The molecular formula is C14H31N. The molecule has 0 aliphatic carbocycles. The molecule has 0 amide bonds. The average molecular weight is 213 g/mol. The predicted molar refractivity (Wildman–Crippen MR) is 70.3 cm³/mol. The third-order valence-electron chi connectivity index (χ3n) is 3.45. The fraction of sp³-hybridized carbons (Fsp3) is 1.00. The van der Waals surface area contributed by atoms with Crippen LogP contribution in [-0.2, 0) is 0 Å². The second kappa shape index (κ2) is 7.27. The third-order valence-corrected chi connectivity index (χ3v) is 3.45. The number of unbranched alkanes of at least 4 members (excludes halogenated alkanes) is 1. The van der Waals surface area contributed by atoms with E-state index >= 15 is 0 Å². The van der Waals surface area contributed by atoms with Crippen molar-refractivity contribution >= 4 is 0 Å². The molecule has 0 aromatic heterocycles. The summed E-state index contributed by atoms with van der Waals surface area (Å²) in [5, 5.41) is 0. The smallest absolute Gasteiger partial charge is 0.00355 e. The van der Waals surface area contributed by atoms with Crippen molar-refractivity contribution < 1.29 is 0 Å². The summed E-state index contributed by atoms with van der Waals surface area (Å²) in [4.78, 5) is 2.44. The monoisotopic (exact) mass is 213 g/mol. The summed E-state index contributed by atoms with van der Waals surface area (Å²) in [5.74, 6) is 0. The minimum absolute atomic E-state index is 0.549. The maximum Gasteiger partial charge on any atom is 0.00355 e. The molecule has 0 unspecified atom stereocenters. The Labute approximate surface area is 97.2 Å². The molecule has 15 heavy (non-hydrogen) atoms. The molecule has 92 valence electrons. The van der Waals surface area contributed by atoms with E-state index in [1.54, 1.807) is 0 Å². The largest absolute Gasteiger partial charge is 0.304 e. The van der Waals surface area contributed by atoms with Crippen molar-refractivity contribution in [1.29, 1.82) is 0 Å². The molecule has 0 heterocycles. The first-order valence-corrected chi connectivity index (χ1v) is 6.59. The predicted octanol–water partition coefficient (Wildman–Crippen LogP) is 4.32. The van der Waals surface area contributed by atoms with Crippen molar-refractivity contribution in [3.8, 4) is 0 Å². The molecule has 0 saturated carbocycles. The molecule has 0 bridgehead atoms. The van der Waals surface area contributed by atoms with E-state index in [-0.39, 0.29) is 0 Å². The van der Waals surface area contributed by atoms with Gasteiger partial charge >= 0.3 is 0 Å². The quantitative estimate of drug-likeness (QED) is 0.580. The van der Waals surface area contributed by atoms with Crippen molar-refractivity contribution in [3.63, 3.8) is 0 Å². The Hall–Kier alpha value is -0.0400. The molecule has 0 rings (SSSR count). The van der Waals surface area contributed by atoms with Gasteiger partial charge in [0, 0.05) is 6.04 Å². The number of hydrogen-bond donors (Lipinski definition) is 0. The fourth-order valence-corrected chi connectivity index (χ4v) is 1.85. The van der Waals surface area contributed by atoms with Gasteiger partial charge in [0.1, 0.15) is 0 Å². The highest BCUT2D eigenvalue weighted by molar-refractivity contribution is 4.69. The zero-order valence-corrected chi connectivity index (χ0v) is 11.8. The first-order chi connectivity index (χ1) is 6.89. The SMILES string of the molecule is CCCCC(C)(C)CCCN(C)C(C)C. The summed E-state index contributed by atoms with van der Waals surface area (Å²) >= 11 is 0. The van der Waals surface area contributed by atoms with Crippen LogP contribution in [0.5, 0.6) is 0 Å². The minimum Gasteiger partial charge on any atom is -0.304 e. The maximum atomic E-state index is 2.44. The van der Waals surface area contributed by atoms with Crippen LogP contribution in [0.3, 0.4) is 0 Å². The number of nitrogens with zero attached hydrogens (tertiary/aromatic N) is 1. The molecule has 0 atom stereocenters. The lowest BCUT2D eigenvalue weighted by Crippen LogP contribution is -2.28. The molecule has 0 fully saturated rings. The highest BCUT2D eigenvalue weighted by Crippen LogP contribution is 2.28. The Morgan fingerprint density at radius 2 is 1.60 bits per heavy atom. The van der Waals surface area contributed by atoms with Crippen molar-refractivity contribution in [1.82, 2.24) is 4.90 Å². The summed E-state index contributed by atoms with van der Waals surface area (Å²) in [6.07, 6.45) is 6.80. The van der Waals surface area contributed by atoms with Gasteiger partial charge in [0.05, 0.1) is 0 Å². The van der Waals surface area contributed by atoms with Gasteiger partial charge in [-0.15, -0.1) is 0 Å². The van der Waals surface area contributed by atoms with E-state index in [0.29, 0.717) is 11.5 Å². The van der Waals surface area contributed by atoms with E-state index in [2.05, 4.69) is 46.6 Å². The van der Waals surface area contributed by atoms with Crippen LogP contribution in [0.2, 0.25) is 0 Å². The van der Waals surface area contributed by atoms with Gasteiger partial charge in [0.2, 0.25) is 0 Å². The lowest BCUT2D eigenvalue weighted by molar-refractivity contribution is 0.230. The first kappa shape index (κ1) is 15.0. The number of rotatable bonds is 8. The van der Waals surface area contributed by atoms with Crippen LogP contribution in [0.15, 0.2) is 0 Å². The number of hydrogen-bond acceptors (Lipinski definition) is 1. The summed E-state index contributed by atoms with van der Waals surface area (Å²) < 4.78 is 0. The highest BCUT2D eigenvalue weighted by atomic mass is 15.1. The van der Waals surface area contributed by atoms with Crippen LogP contribution >= 0.6 is 0 Å². The Morgan fingerprint density at radius 3 is 2.07 bits per heavy atom. The standard InChI is InChI=1S/C14H31N/c1-7-8-10-14(4,5)11-9-12-15(6)13(2)3/h13H,7-12H2,1-6H3. The Kier molecular flexibility index (Phi) is 7.25. The fourth-order valence-electron chi connectivity index (χ4n) is 1.85. The summed E-state index contributed by atoms with van der Waals surface area (Å²) in [6.45, 7) is 12.9. The Bertz CT molecular complexity index is 149. The van der Waals surface area contributed by atoms with Gasteiger partial charge in [0.15, 0.2) is 0 Å². The van der Waals surface area contributed by atoms with Gasteiger partial charge in [-0.2, -0.15) is 0 Å². The normalized spacial score (nSPS) is 12.8. The molecule has 0 N–H and O–H groups in total. The van der Waals surface area contributed by atoms with E-state index in [4.69, 9.17) is 0 Å². The van der Waals surface area contributed by atoms with Crippen molar-refractivity contribution in [3.05, 3.63) is 0 Å². The molecule has 0 spiro atoms. The van der Waals surface area contributed by atoms with Crippen molar-refractivity contribution in [2.75, 3.05) is 13.6 Å². The summed E-state index contributed by atoms with van der Waals surface area (Å²) in [6, 6.07) is 0.684. The van der Waals surface area contributed by atoms with Crippen LogP contribution in [0.4, 0.5) is 0 Å². The second-order valence-corrected chi connectivity index (χ2v) is 5.95. The molecule has 1 nitrogen and oxygen atoms in total. The maximum absolute atomic E-state index is 2.44. The molecule has 0 aromatic rings. The highest BCUT2D eigenvalue weighted by Gasteiger charge is 2.16. The van der Waals surface area contributed by atoms with E-state index in [9.17, 15) is 0 Å². The molecule has 0 radical (unpaired) electrons. The van der Waals surface area contributed by atoms with Crippen molar-refractivity contribution in [2.45, 2.75) is 72.8 Å². The van der Waals surface area contributed by atoms with Crippen LogP contribution in [0, 0.1) is 5.41 Å². The van der Waals surface area contributed by atoms with Gasteiger partial charge in [-0.05, 0) is 52.1 Å². The van der Waals surface area contributed by atoms with Gasteiger partial charge in [-0.1, -0.05) is 33.6 Å².